The fraction of sp³-hybridized carbons (Fsp3) is 0.304. The molecule has 1 aromatic carbocycles. The molecule has 0 unspecified atom stereocenters. The number of carbonyl (C=O) groups excluding carboxylic acids is 1. The lowest BCUT2D eigenvalue weighted by molar-refractivity contribution is -0.142. The number of nitrogens with one attached hydrogen (secondary N) is 1. The summed E-state index contributed by atoms with van der Waals surface area (Å²) in [4.78, 5) is 17.1. The Hall–Kier alpha value is -3.60. The Labute approximate surface area is 203 Å². The molecule has 8 nitrogen and oxygen atoms in total. The number of rotatable bonds is 7. The van der Waals surface area contributed by atoms with Crippen molar-refractivity contribution >= 4 is 23.2 Å². The third-order valence-corrected chi connectivity index (χ3v) is 6.07. The first-order valence-corrected chi connectivity index (χ1v) is 11.1. The predicted octanol–water partition coefficient (Wildman–Crippen LogP) is 4.71. The second kappa shape index (κ2) is 9.57. The van der Waals surface area contributed by atoms with Gasteiger partial charge in [0.15, 0.2) is 11.3 Å². The Morgan fingerprint density at radius 2 is 1.91 bits per heavy atom. The maximum atomic E-state index is 13.8. The fourth-order valence-electron chi connectivity index (χ4n) is 3.65. The normalized spacial score (nSPS) is 11.7. The standard InChI is InChI=1S/C23H22ClF3N6O2/c1-13-20(24)14(2)32(31-13)10-4-9-28-22(34)17-12-29-33-19(23(25,26)27)11-18(30-21(17)33)15-5-7-16(35-3)8-6-15/h5-8,11-12H,4,9-10H2,1-3H3,(H,28,34). The van der Waals surface area contributed by atoms with Crippen LogP contribution in [-0.4, -0.2) is 43.9 Å². The molecule has 0 aliphatic heterocycles. The number of amides is 1. The zero-order valence-corrected chi connectivity index (χ0v) is 19.9. The number of aromatic nitrogens is 5. The van der Waals surface area contributed by atoms with Crippen LogP contribution in [0.4, 0.5) is 13.2 Å². The summed E-state index contributed by atoms with van der Waals surface area (Å²) in [5, 5.41) is 11.4. The molecule has 4 aromatic rings. The smallest absolute Gasteiger partial charge is 0.433 e. The molecular weight excluding hydrogens is 485 g/mol. The lowest BCUT2D eigenvalue weighted by Crippen LogP contribution is -2.25. The Bertz CT molecular complexity index is 1380. The lowest BCUT2D eigenvalue weighted by atomic mass is 10.1. The molecule has 0 saturated carbocycles. The molecule has 3 aromatic heterocycles. The van der Waals surface area contributed by atoms with E-state index in [2.05, 4.69) is 20.5 Å². The molecule has 35 heavy (non-hydrogen) atoms. The summed E-state index contributed by atoms with van der Waals surface area (Å²) in [5.41, 5.74) is 0.771. The molecule has 12 heteroatoms. The van der Waals surface area contributed by atoms with Crippen molar-refractivity contribution in [2.24, 2.45) is 0 Å². The molecule has 0 bridgehead atoms. The van der Waals surface area contributed by atoms with Crippen molar-refractivity contribution in [2.75, 3.05) is 13.7 Å². The number of methoxy groups -OCH3 is 1. The van der Waals surface area contributed by atoms with Gasteiger partial charge >= 0.3 is 6.18 Å². The van der Waals surface area contributed by atoms with Crippen molar-refractivity contribution in [1.82, 2.24) is 29.7 Å². The molecule has 1 amide bonds. The van der Waals surface area contributed by atoms with Gasteiger partial charge in [0.05, 0.1) is 35.4 Å². The number of hydrogen-bond acceptors (Lipinski definition) is 5. The van der Waals surface area contributed by atoms with E-state index in [1.807, 2.05) is 6.92 Å². The van der Waals surface area contributed by atoms with E-state index in [1.165, 1.54) is 7.11 Å². The number of fused-ring (bicyclic) bond motifs is 1. The molecule has 0 aliphatic rings. The minimum Gasteiger partial charge on any atom is -0.497 e. The van der Waals surface area contributed by atoms with Crippen LogP contribution in [0.3, 0.4) is 0 Å². The average Bonchev–Trinajstić information content (AvgIpc) is 3.37. The van der Waals surface area contributed by atoms with E-state index in [-0.39, 0.29) is 23.4 Å². The largest absolute Gasteiger partial charge is 0.497 e. The highest BCUT2D eigenvalue weighted by Gasteiger charge is 2.36. The third-order valence-electron chi connectivity index (χ3n) is 5.52. The second-order valence-electron chi connectivity index (χ2n) is 7.86. The quantitative estimate of drug-likeness (QED) is 0.367. The van der Waals surface area contributed by atoms with Crippen LogP contribution in [0.1, 0.15) is 33.9 Å². The summed E-state index contributed by atoms with van der Waals surface area (Å²) >= 11 is 6.15. The molecule has 0 aliphatic carbocycles. The maximum Gasteiger partial charge on any atom is 0.433 e. The molecule has 184 valence electrons. The summed E-state index contributed by atoms with van der Waals surface area (Å²) in [6.07, 6.45) is -3.07. The molecule has 0 saturated heterocycles. The topological polar surface area (TPSA) is 86.3 Å². The summed E-state index contributed by atoms with van der Waals surface area (Å²) < 4.78 is 48.9. The van der Waals surface area contributed by atoms with Gasteiger partial charge in [0, 0.05) is 18.7 Å². The van der Waals surface area contributed by atoms with Crippen molar-refractivity contribution in [3.63, 3.8) is 0 Å². The number of alkyl halides is 3. The Morgan fingerprint density at radius 1 is 1.20 bits per heavy atom. The zero-order valence-electron chi connectivity index (χ0n) is 19.1. The van der Waals surface area contributed by atoms with Crippen molar-refractivity contribution in [3.8, 4) is 17.0 Å². The van der Waals surface area contributed by atoms with Crippen molar-refractivity contribution < 1.29 is 22.7 Å². The molecule has 0 spiro atoms. The van der Waals surface area contributed by atoms with Crippen LogP contribution in [0.5, 0.6) is 5.75 Å². The number of nitrogens with zero attached hydrogens (tertiary/aromatic N) is 5. The van der Waals surface area contributed by atoms with Gasteiger partial charge in [0.1, 0.15) is 11.3 Å². The van der Waals surface area contributed by atoms with Gasteiger partial charge in [-0.3, -0.25) is 9.48 Å². The van der Waals surface area contributed by atoms with E-state index < -0.39 is 17.8 Å². The molecule has 3 heterocycles. The van der Waals surface area contributed by atoms with E-state index in [4.69, 9.17) is 16.3 Å². The Kier molecular flexibility index (Phi) is 6.70. The van der Waals surface area contributed by atoms with E-state index in [0.29, 0.717) is 33.8 Å². The van der Waals surface area contributed by atoms with Crippen LogP contribution >= 0.6 is 11.6 Å². The van der Waals surface area contributed by atoms with Gasteiger partial charge < -0.3 is 10.1 Å². The highest BCUT2D eigenvalue weighted by molar-refractivity contribution is 6.31. The Morgan fingerprint density at radius 3 is 2.51 bits per heavy atom. The first kappa shape index (κ1) is 24.5. The van der Waals surface area contributed by atoms with Gasteiger partial charge in [-0.25, -0.2) is 9.50 Å². The van der Waals surface area contributed by atoms with Crippen LogP contribution in [-0.2, 0) is 12.7 Å². The Balaban J connectivity index is 1.58. The van der Waals surface area contributed by atoms with Gasteiger partial charge in [0.25, 0.3) is 5.91 Å². The van der Waals surface area contributed by atoms with Crippen LogP contribution < -0.4 is 10.1 Å². The molecule has 0 fully saturated rings. The van der Waals surface area contributed by atoms with E-state index >= 15 is 0 Å². The highest BCUT2D eigenvalue weighted by Crippen LogP contribution is 2.33. The maximum absolute atomic E-state index is 13.8. The molecule has 1 N–H and O–H groups in total. The van der Waals surface area contributed by atoms with Gasteiger partial charge in [-0.05, 0) is 50.6 Å². The highest BCUT2D eigenvalue weighted by atomic mass is 35.5. The molecular formula is C23H22ClF3N6O2. The monoisotopic (exact) mass is 506 g/mol. The van der Waals surface area contributed by atoms with Gasteiger partial charge in [-0.2, -0.15) is 23.4 Å². The molecule has 0 atom stereocenters. The number of carbonyl (C=O) groups is 1. The van der Waals surface area contributed by atoms with E-state index in [9.17, 15) is 18.0 Å². The SMILES string of the molecule is COc1ccc(-c2cc(C(F)(F)F)n3ncc(C(=O)NCCCn4nc(C)c(Cl)c4C)c3n2)cc1. The predicted molar refractivity (Wildman–Crippen MR) is 124 cm³/mol. The minimum absolute atomic E-state index is 0.0555. The van der Waals surface area contributed by atoms with Crippen LogP contribution in [0, 0.1) is 13.8 Å². The lowest BCUT2D eigenvalue weighted by Gasteiger charge is -2.12. The van der Waals surface area contributed by atoms with Gasteiger partial charge in [-0.1, -0.05) is 11.6 Å². The summed E-state index contributed by atoms with van der Waals surface area (Å²) in [5.74, 6) is -0.0167. The third kappa shape index (κ3) is 4.95. The summed E-state index contributed by atoms with van der Waals surface area (Å²) in [7, 11) is 1.49. The number of ether oxygens (including phenoxy) is 1. The van der Waals surface area contributed by atoms with Gasteiger partial charge in [-0.15, -0.1) is 0 Å². The molecule has 0 radical (unpaired) electrons. The van der Waals surface area contributed by atoms with Crippen LogP contribution in [0.25, 0.3) is 16.9 Å². The number of aryl methyl sites for hydroxylation is 2. The minimum atomic E-state index is -4.71. The second-order valence-corrected chi connectivity index (χ2v) is 8.24. The van der Waals surface area contributed by atoms with Crippen molar-refractivity contribution in [1.29, 1.82) is 0 Å². The van der Waals surface area contributed by atoms with Crippen molar-refractivity contribution in [2.45, 2.75) is 33.0 Å². The van der Waals surface area contributed by atoms with Crippen LogP contribution in [0.2, 0.25) is 5.02 Å². The van der Waals surface area contributed by atoms with E-state index in [1.54, 1.807) is 35.9 Å². The number of benzene rings is 1. The molecule has 4 rings (SSSR count). The van der Waals surface area contributed by atoms with Gasteiger partial charge in [0.2, 0.25) is 0 Å². The van der Waals surface area contributed by atoms with E-state index in [0.717, 1.165) is 23.7 Å². The number of halogens is 4. The zero-order chi connectivity index (χ0) is 25.3. The van der Waals surface area contributed by atoms with Crippen LogP contribution in [0.15, 0.2) is 36.5 Å². The average molecular weight is 507 g/mol. The first-order chi connectivity index (χ1) is 16.6. The first-order valence-electron chi connectivity index (χ1n) is 10.7. The van der Waals surface area contributed by atoms with Crippen molar-refractivity contribution in [3.05, 3.63) is 64.2 Å². The summed E-state index contributed by atoms with van der Waals surface area (Å²) in [6, 6.07) is 7.34. The number of hydrogen-bond donors (Lipinski definition) is 1. The summed E-state index contributed by atoms with van der Waals surface area (Å²) in [6.45, 7) is 4.45. The fourth-order valence-corrected chi connectivity index (χ4v) is 3.79.